The Morgan fingerprint density at radius 3 is 1.34 bits per heavy atom. The fourth-order valence-corrected chi connectivity index (χ4v) is 4.80. The maximum Gasteiger partial charge on any atom is 0.172 e. The van der Waals surface area contributed by atoms with Crippen molar-refractivity contribution >= 4 is 0 Å². The first kappa shape index (κ1) is 29.2. The second-order valence-corrected chi connectivity index (χ2v) is 10.2. The molecule has 0 saturated heterocycles. The van der Waals surface area contributed by atoms with E-state index in [4.69, 9.17) is 0 Å². The van der Waals surface area contributed by atoms with Gasteiger partial charge in [0.15, 0.2) is 12.4 Å². The largest absolute Gasteiger partial charge is 0.205 e. The molecule has 0 aliphatic rings. The van der Waals surface area contributed by atoms with E-state index in [2.05, 4.69) is 43.8 Å². The standard InChI is InChI=1S/C31H58N/c1-4-7-10-11-12-13-14-15-16-17-18-19-20-21-22-23-27-32-28-26-30(24-8-5-2)31(29-32)25-9-6-3/h26,28-29H,4-25,27H2,1-3H3/q+1. The molecule has 0 aromatic carbocycles. The summed E-state index contributed by atoms with van der Waals surface area (Å²) in [5, 5.41) is 0. The van der Waals surface area contributed by atoms with Gasteiger partial charge in [0, 0.05) is 18.1 Å². The van der Waals surface area contributed by atoms with Crippen LogP contribution in [0.4, 0.5) is 0 Å². The molecule has 1 aromatic rings. The Kier molecular flexibility index (Phi) is 20.0. The van der Waals surface area contributed by atoms with Crippen molar-refractivity contribution in [3.8, 4) is 0 Å². The molecule has 1 heterocycles. The first-order valence-corrected chi connectivity index (χ1v) is 14.8. The highest BCUT2D eigenvalue weighted by atomic mass is 14.9. The molecule has 0 atom stereocenters. The second-order valence-electron chi connectivity index (χ2n) is 10.2. The summed E-state index contributed by atoms with van der Waals surface area (Å²) in [6.45, 7) is 8.10. The molecule has 32 heavy (non-hydrogen) atoms. The number of pyridine rings is 1. The summed E-state index contributed by atoms with van der Waals surface area (Å²) in [5.74, 6) is 0. The minimum absolute atomic E-state index is 1.20. The van der Waals surface area contributed by atoms with Crippen molar-refractivity contribution in [2.45, 2.75) is 169 Å². The number of unbranched alkanes of at least 4 members (excludes halogenated alkanes) is 17. The van der Waals surface area contributed by atoms with Crippen LogP contribution in [-0.4, -0.2) is 0 Å². The third kappa shape index (κ3) is 15.9. The molecule has 1 aromatic heterocycles. The third-order valence-corrected chi connectivity index (χ3v) is 7.07. The molecule has 0 aliphatic heterocycles. The smallest absolute Gasteiger partial charge is 0.172 e. The van der Waals surface area contributed by atoms with Crippen LogP contribution in [0.1, 0.15) is 160 Å². The van der Waals surface area contributed by atoms with Crippen LogP contribution in [0.25, 0.3) is 0 Å². The summed E-state index contributed by atoms with van der Waals surface area (Å²) in [5.41, 5.74) is 3.21. The topological polar surface area (TPSA) is 3.88 Å². The first-order valence-electron chi connectivity index (χ1n) is 14.8. The Morgan fingerprint density at radius 2 is 0.875 bits per heavy atom. The number of hydrogen-bond donors (Lipinski definition) is 0. The third-order valence-electron chi connectivity index (χ3n) is 7.07. The fraction of sp³-hybridized carbons (Fsp3) is 0.839. The normalized spacial score (nSPS) is 11.3. The first-order chi connectivity index (χ1) is 15.8. The predicted molar refractivity (Wildman–Crippen MR) is 143 cm³/mol. The zero-order chi connectivity index (χ0) is 23.1. The average Bonchev–Trinajstić information content (AvgIpc) is 2.81. The van der Waals surface area contributed by atoms with E-state index in [0.717, 1.165) is 0 Å². The molecule has 186 valence electrons. The molecular weight excluding hydrogens is 386 g/mol. The van der Waals surface area contributed by atoms with E-state index in [1.165, 1.54) is 148 Å². The highest BCUT2D eigenvalue weighted by Gasteiger charge is 2.09. The zero-order valence-electron chi connectivity index (χ0n) is 22.4. The van der Waals surface area contributed by atoms with Crippen LogP contribution in [0.15, 0.2) is 18.5 Å². The summed E-state index contributed by atoms with van der Waals surface area (Å²) in [7, 11) is 0. The summed E-state index contributed by atoms with van der Waals surface area (Å²) in [6.07, 6.45) is 35.6. The van der Waals surface area contributed by atoms with E-state index in [9.17, 15) is 0 Å². The highest BCUT2D eigenvalue weighted by molar-refractivity contribution is 5.21. The number of hydrogen-bond acceptors (Lipinski definition) is 0. The van der Waals surface area contributed by atoms with E-state index < -0.39 is 0 Å². The quantitative estimate of drug-likeness (QED) is 0.117. The lowest BCUT2D eigenvalue weighted by molar-refractivity contribution is -0.697. The van der Waals surface area contributed by atoms with Crippen molar-refractivity contribution in [2.24, 2.45) is 0 Å². The molecule has 1 rings (SSSR count). The van der Waals surface area contributed by atoms with Gasteiger partial charge in [-0.3, -0.25) is 0 Å². The van der Waals surface area contributed by atoms with Gasteiger partial charge in [-0.2, -0.15) is 0 Å². The van der Waals surface area contributed by atoms with Gasteiger partial charge in [0.25, 0.3) is 0 Å². The van der Waals surface area contributed by atoms with Gasteiger partial charge >= 0.3 is 0 Å². The van der Waals surface area contributed by atoms with Crippen LogP contribution < -0.4 is 4.57 Å². The van der Waals surface area contributed by atoms with Crippen molar-refractivity contribution in [1.82, 2.24) is 0 Å². The van der Waals surface area contributed by atoms with Crippen LogP contribution in [0.2, 0.25) is 0 Å². The van der Waals surface area contributed by atoms with Gasteiger partial charge in [-0.15, -0.1) is 0 Å². The maximum absolute atomic E-state index is 2.46. The molecule has 0 N–H and O–H groups in total. The Hall–Kier alpha value is -0.850. The molecule has 0 saturated carbocycles. The summed E-state index contributed by atoms with van der Waals surface area (Å²) < 4.78 is 2.46. The summed E-state index contributed by atoms with van der Waals surface area (Å²) >= 11 is 0. The van der Waals surface area contributed by atoms with Crippen LogP contribution >= 0.6 is 0 Å². The Labute approximate surface area is 202 Å². The minimum atomic E-state index is 1.20. The molecule has 0 amide bonds. The molecule has 1 nitrogen and oxygen atoms in total. The van der Waals surface area contributed by atoms with Crippen LogP contribution in [0, 0.1) is 0 Å². The molecular formula is C31H58N+. The monoisotopic (exact) mass is 444 g/mol. The van der Waals surface area contributed by atoms with Crippen molar-refractivity contribution in [1.29, 1.82) is 0 Å². The van der Waals surface area contributed by atoms with Crippen LogP contribution in [-0.2, 0) is 19.4 Å². The van der Waals surface area contributed by atoms with E-state index in [0.29, 0.717) is 0 Å². The second kappa shape index (κ2) is 22.0. The zero-order valence-corrected chi connectivity index (χ0v) is 22.4. The summed E-state index contributed by atoms with van der Waals surface area (Å²) in [6, 6.07) is 2.41. The SMILES string of the molecule is CCCCCCCCCCCCCCCCCC[n+]1ccc(CCCC)c(CCCC)c1. The molecule has 0 spiro atoms. The van der Waals surface area contributed by atoms with E-state index in [1.54, 1.807) is 11.1 Å². The highest BCUT2D eigenvalue weighted by Crippen LogP contribution is 2.15. The molecule has 1 heteroatoms. The van der Waals surface area contributed by atoms with Crippen molar-refractivity contribution < 1.29 is 4.57 Å². The average molecular weight is 445 g/mol. The van der Waals surface area contributed by atoms with Gasteiger partial charge in [0.05, 0.1) is 0 Å². The maximum atomic E-state index is 2.46. The molecule has 0 bridgehead atoms. The van der Waals surface area contributed by atoms with E-state index in [1.807, 2.05) is 0 Å². The van der Waals surface area contributed by atoms with Gasteiger partial charge < -0.3 is 0 Å². The van der Waals surface area contributed by atoms with Gasteiger partial charge in [-0.1, -0.05) is 124 Å². The molecule has 0 radical (unpaired) electrons. The fourth-order valence-electron chi connectivity index (χ4n) is 4.80. The van der Waals surface area contributed by atoms with E-state index in [-0.39, 0.29) is 0 Å². The summed E-state index contributed by atoms with van der Waals surface area (Å²) in [4.78, 5) is 0. The minimum Gasteiger partial charge on any atom is -0.205 e. The van der Waals surface area contributed by atoms with Gasteiger partial charge in [-0.05, 0) is 37.7 Å². The number of rotatable bonds is 23. The lowest BCUT2D eigenvalue weighted by Crippen LogP contribution is -2.33. The Morgan fingerprint density at radius 1 is 0.469 bits per heavy atom. The van der Waals surface area contributed by atoms with Crippen LogP contribution in [0.5, 0.6) is 0 Å². The number of aryl methyl sites for hydroxylation is 3. The lowest BCUT2D eigenvalue weighted by Gasteiger charge is -2.08. The number of nitrogens with zero attached hydrogens (tertiary/aromatic N) is 1. The Balaban J connectivity index is 2.01. The van der Waals surface area contributed by atoms with Gasteiger partial charge in [0.1, 0.15) is 6.54 Å². The van der Waals surface area contributed by atoms with Crippen molar-refractivity contribution in [2.75, 3.05) is 0 Å². The van der Waals surface area contributed by atoms with Crippen molar-refractivity contribution in [3.05, 3.63) is 29.6 Å². The van der Waals surface area contributed by atoms with Gasteiger partial charge in [0.2, 0.25) is 0 Å². The Bertz CT molecular complexity index is 521. The van der Waals surface area contributed by atoms with Crippen molar-refractivity contribution in [3.63, 3.8) is 0 Å². The van der Waals surface area contributed by atoms with E-state index >= 15 is 0 Å². The van der Waals surface area contributed by atoms with Crippen LogP contribution in [0.3, 0.4) is 0 Å². The molecule has 0 aliphatic carbocycles. The molecule has 0 fully saturated rings. The lowest BCUT2D eigenvalue weighted by atomic mass is 10.00. The predicted octanol–water partition coefficient (Wildman–Crippen LogP) is 9.92. The van der Waals surface area contributed by atoms with Gasteiger partial charge in [-0.25, -0.2) is 4.57 Å². The molecule has 0 unspecified atom stereocenters. The number of aromatic nitrogens is 1.